The van der Waals surface area contributed by atoms with Crippen LogP contribution in [-0.2, 0) is 15.5 Å². The van der Waals surface area contributed by atoms with Crippen LogP contribution in [0.25, 0.3) is 0 Å². The molecule has 4 nitrogen and oxygen atoms in total. The minimum Gasteiger partial charge on any atom is -0.368 e. The summed E-state index contributed by atoms with van der Waals surface area (Å²) in [4.78, 5) is 2.25. The van der Waals surface area contributed by atoms with Crippen LogP contribution in [0.5, 0.6) is 0 Å². The van der Waals surface area contributed by atoms with Crippen molar-refractivity contribution in [2.24, 2.45) is 0 Å². The summed E-state index contributed by atoms with van der Waals surface area (Å²) in [7, 11) is -3.87. The Morgan fingerprint density at radius 1 is 1.40 bits per heavy atom. The first-order chi connectivity index (χ1) is 9.13. The summed E-state index contributed by atoms with van der Waals surface area (Å²) in [6, 6.07) is 6.69. The van der Waals surface area contributed by atoms with Crippen LogP contribution in [0.15, 0.2) is 18.2 Å². The van der Waals surface area contributed by atoms with Crippen molar-refractivity contribution in [3.05, 3.63) is 27.3 Å². The van der Waals surface area contributed by atoms with E-state index >= 15 is 0 Å². The number of hydrogen-bond donors (Lipinski definition) is 1. The maximum absolute atomic E-state index is 10.8. The standard InChI is InChI=1S/C14H20INO3S/c1-10-14(2,3)12-9-11(15)5-6-13(12)16(10)7-4-8-20(17,18)19/h5-6,9-10H,4,7-8H2,1-3H3,(H,17,18,19). The van der Waals surface area contributed by atoms with Crippen LogP contribution in [-0.4, -0.2) is 31.3 Å². The normalized spacial score (nSPS) is 21.1. The van der Waals surface area contributed by atoms with Gasteiger partial charge in [0.2, 0.25) is 0 Å². The Labute approximate surface area is 134 Å². The Balaban J connectivity index is 2.24. The van der Waals surface area contributed by atoms with Gasteiger partial charge in [0.05, 0.1) is 5.75 Å². The minimum absolute atomic E-state index is 0.0363. The van der Waals surface area contributed by atoms with Gasteiger partial charge in [0.15, 0.2) is 0 Å². The first-order valence-corrected chi connectivity index (χ1v) is 9.33. The molecule has 1 heterocycles. The highest BCUT2D eigenvalue weighted by Crippen LogP contribution is 2.45. The van der Waals surface area contributed by atoms with Gasteiger partial charge >= 0.3 is 0 Å². The molecule has 0 fully saturated rings. The number of benzene rings is 1. The summed E-state index contributed by atoms with van der Waals surface area (Å²) in [5.41, 5.74) is 2.52. The maximum atomic E-state index is 10.8. The van der Waals surface area contributed by atoms with Gasteiger partial charge in [-0.1, -0.05) is 13.8 Å². The van der Waals surface area contributed by atoms with Crippen LogP contribution in [0.3, 0.4) is 0 Å². The van der Waals surface area contributed by atoms with Crippen molar-refractivity contribution in [3.8, 4) is 0 Å². The molecule has 0 bridgehead atoms. The smallest absolute Gasteiger partial charge is 0.264 e. The van der Waals surface area contributed by atoms with Crippen LogP contribution >= 0.6 is 22.6 Å². The van der Waals surface area contributed by atoms with E-state index in [0.29, 0.717) is 19.0 Å². The van der Waals surface area contributed by atoms with Crippen LogP contribution in [0.4, 0.5) is 5.69 Å². The molecule has 1 atom stereocenters. The third-order valence-electron chi connectivity index (χ3n) is 4.28. The van der Waals surface area contributed by atoms with E-state index in [1.165, 1.54) is 14.8 Å². The Hall–Kier alpha value is -0.340. The molecule has 0 aliphatic carbocycles. The average molecular weight is 409 g/mol. The van der Waals surface area contributed by atoms with E-state index in [-0.39, 0.29) is 11.2 Å². The zero-order valence-electron chi connectivity index (χ0n) is 11.9. The third-order valence-corrected chi connectivity index (χ3v) is 5.75. The van der Waals surface area contributed by atoms with E-state index < -0.39 is 10.1 Å². The molecule has 2 rings (SSSR count). The molecule has 1 N–H and O–H groups in total. The van der Waals surface area contributed by atoms with E-state index in [9.17, 15) is 8.42 Å². The largest absolute Gasteiger partial charge is 0.368 e. The maximum Gasteiger partial charge on any atom is 0.264 e. The van der Waals surface area contributed by atoms with Crippen LogP contribution in [0.1, 0.15) is 32.8 Å². The highest BCUT2D eigenvalue weighted by molar-refractivity contribution is 14.1. The lowest BCUT2D eigenvalue weighted by atomic mass is 9.81. The molecule has 0 radical (unpaired) electrons. The SMILES string of the molecule is CC1N(CCCS(=O)(=O)O)c2ccc(I)cc2C1(C)C. The summed E-state index contributed by atoms with van der Waals surface area (Å²) < 4.78 is 31.7. The summed E-state index contributed by atoms with van der Waals surface area (Å²) in [6.07, 6.45) is 0.435. The molecular weight excluding hydrogens is 389 g/mol. The summed E-state index contributed by atoms with van der Waals surface area (Å²) in [5.74, 6) is -0.184. The molecule has 0 spiro atoms. The van der Waals surface area contributed by atoms with Crippen molar-refractivity contribution in [2.45, 2.75) is 38.6 Å². The molecule has 1 unspecified atom stereocenters. The van der Waals surface area contributed by atoms with Crippen LogP contribution < -0.4 is 4.90 Å². The molecule has 0 saturated carbocycles. The lowest BCUT2D eigenvalue weighted by molar-refractivity contribution is 0.439. The van der Waals surface area contributed by atoms with Gasteiger partial charge in [0.1, 0.15) is 0 Å². The number of fused-ring (bicyclic) bond motifs is 1. The third kappa shape index (κ3) is 3.12. The van der Waals surface area contributed by atoms with Crippen molar-refractivity contribution in [1.29, 1.82) is 0 Å². The summed E-state index contributed by atoms with van der Waals surface area (Å²) in [6.45, 7) is 7.24. The first kappa shape index (κ1) is 16.0. The van der Waals surface area contributed by atoms with Gasteiger partial charge in [0, 0.05) is 27.3 Å². The number of rotatable bonds is 4. The Morgan fingerprint density at radius 3 is 2.65 bits per heavy atom. The molecule has 1 aromatic carbocycles. The molecule has 0 aromatic heterocycles. The van der Waals surface area contributed by atoms with Crippen molar-refractivity contribution >= 4 is 38.4 Å². The fraction of sp³-hybridized carbons (Fsp3) is 0.571. The van der Waals surface area contributed by atoms with E-state index in [2.05, 4.69) is 66.5 Å². The van der Waals surface area contributed by atoms with Gasteiger partial charge in [0.25, 0.3) is 10.1 Å². The van der Waals surface area contributed by atoms with Crippen molar-refractivity contribution in [3.63, 3.8) is 0 Å². The van der Waals surface area contributed by atoms with Crippen LogP contribution in [0, 0.1) is 3.57 Å². The summed E-state index contributed by atoms with van der Waals surface area (Å²) >= 11 is 2.31. The van der Waals surface area contributed by atoms with Gasteiger partial charge in [-0.3, -0.25) is 4.55 Å². The van der Waals surface area contributed by atoms with E-state index in [1.54, 1.807) is 0 Å². The van der Waals surface area contributed by atoms with Gasteiger partial charge in [-0.2, -0.15) is 8.42 Å². The fourth-order valence-electron chi connectivity index (χ4n) is 2.83. The number of halogens is 1. The second kappa shape index (κ2) is 5.46. The van der Waals surface area contributed by atoms with Crippen LogP contribution in [0.2, 0.25) is 0 Å². The molecule has 112 valence electrons. The molecule has 1 aromatic rings. The van der Waals surface area contributed by atoms with Gasteiger partial charge in [-0.05, 0) is 59.7 Å². The van der Waals surface area contributed by atoms with Gasteiger partial charge < -0.3 is 4.90 Å². The van der Waals surface area contributed by atoms with Gasteiger partial charge in [-0.25, -0.2) is 0 Å². The quantitative estimate of drug-likeness (QED) is 0.614. The average Bonchev–Trinajstić information content (AvgIpc) is 2.49. The lowest BCUT2D eigenvalue weighted by Crippen LogP contribution is -2.39. The summed E-state index contributed by atoms with van der Waals surface area (Å²) in [5, 5.41) is 0. The Bertz CT molecular complexity index is 613. The first-order valence-electron chi connectivity index (χ1n) is 6.65. The van der Waals surface area contributed by atoms with E-state index in [4.69, 9.17) is 4.55 Å². The highest BCUT2D eigenvalue weighted by Gasteiger charge is 2.41. The van der Waals surface area contributed by atoms with E-state index in [0.717, 1.165) is 0 Å². The fourth-order valence-corrected chi connectivity index (χ4v) is 3.81. The lowest BCUT2D eigenvalue weighted by Gasteiger charge is -2.31. The van der Waals surface area contributed by atoms with Crippen molar-refractivity contribution in [2.75, 3.05) is 17.2 Å². The van der Waals surface area contributed by atoms with Gasteiger partial charge in [-0.15, -0.1) is 0 Å². The molecule has 1 aliphatic heterocycles. The Morgan fingerprint density at radius 2 is 2.05 bits per heavy atom. The number of anilines is 1. The predicted molar refractivity (Wildman–Crippen MR) is 90.0 cm³/mol. The topological polar surface area (TPSA) is 57.6 Å². The van der Waals surface area contributed by atoms with Crippen molar-refractivity contribution in [1.82, 2.24) is 0 Å². The van der Waals surface area contributed by atoms with E-state index in [1.807, 2.05) is 0 Å². The van der Waals surface area contributed by atoms with Crippen molar-refractivity contribution < 1.29 is 13.0 Å². The molecule has 0 amide bonds. The zero-order valence-corrected chi connectivity index (χ0v) is 14.9. The Kier molecular flexibility index (Phi) is 4.37. The predicted octanol–water partition coefficient (Wildman–Crippen LogP) is 3.06. The monoisotopic (exact) mass is 409 g/mol. The molecule has 20 heavy (non-hydrogen) atoms. The molecule has 1 aliphatic rings. The molecule has 6 heteroatoms. The number of hydrogen-bond acceptors (Lipinski definition) is 3. The zero-order chi connectivity index (χ0) is 15.1. The molecule has 0 saturated heterocycles. The molecular formula is C14H20INO3S. The second-order valence-electron chi connectivity index (χ2n) is 5.89. The number of nitrogens with zero attached hydrogens (tertiary/aromatic N) is 1. The highest BCUT2D eigenvalue weighted by atomic mass is 127. The minimum atomic E-state index is -3.87. The second-order valence-corrected chi connectivity index (χ2v) is 8.71.